The van der Waals surface area contributed by atoms with E-state index in [2.05, 4.69) is 5.10 Å². The molecular weight excluding hydrogens is 260 g/mol. The maximum absolute atomic E-state index is 12.1. The number of hydrogen-bond donors (Lipinski definition) is 3. The van der Waals surface area contributed by atoms with Crippen LogP contribution in [0.3, 0.4) is 0 Å². The smallest absolute Gasteiger partial charge is 0.275 e. The fraction of sp³-hybridized carbons (Fsp3) is 0.273. The highest BCUT2D eigenvalue weighted by molar-refractivity contribution is 6.37. The lowest BCUT2D eigenvalue weighted by molar-refractivity contribution is 0.404. The van der Waals surface area contributed by atoms with Gasteiger partial charge in [-0.3, -0.25) is 14.7 Å². The molecule has 0 saturated heterocycles. The Balaban J connectivity index is 3.10. The van der Waals surface area contributed by atoms with Gasteiger partial charge in [-0.1, -0.05) is 11.6 Å². The minimum atomic E-state index is -0.609. The molecule has 0 radical (unpaired) electrons. The van der Waals surface area contributed by atoms with Gasteiger partial charge in [-0.2, -0.15) is 0 Å². The monoisotopic (exact) mass is 270 g/mol. The molecule has 0 spiro atoms. The van der Waals surface area contributed by atoms with Crippen molar-refractivity contribution in [2.45, 2.75) is 19.9 Å². The molecule has 1 aromatic heterocycles. The Morgan fingerprint density at radius 3 is 2.50 bits per heavy atom. The molecule has 0 aliphatic carbocycles. The third kappa shape index (κ3) is 1.65. The average Bonchev–Trinajstić information content (AvgIpc) is 2.30. The average molecular weight is 271 g/mol. The Labute approximate surface area is 106 Å². The van der Waals surface area contributed by atoms with E-state index in [1.807, 2.05) is 0 Å². The van der Waals surface area contributed by atoms with Crippen LogP contribution in [0.15, 0.2) is 15.7 Å². The number of phenols is 2. The molecule has 0 saturated carbocycles. The van der Waals surface area contributed by atoms with Crippen molar-refractivity contribution in [1.82, 2.24) is 9.78 Å². The molecule has 18 heavy (non-hydrogen) atoms. The summed E-state index contributed by atoms with van der Waals surface area (Å²) in [6.45, 7) is 3.44. The lowest BCUT2D eigenvalue weighted by Gasteiger charge is -2.11. The molecule has 0 aliphatic heterocycles. The number of fused-ring (bicyclic) bond motifs is 1. The number of H-pyrrole nitrogens is 1. The molecule has 0 atom stereocenters. The van der Waals surface area contributed by atoms with Gasteiger partial charge in [0.1, 0.15) is 0 Å². The zero-order valence-electron chi connectivity index (χ0n) is 9.69. The molecule has 2 rings (SSSR count). The second-order valence-corrected chi connectivity index (χ2v) is 4.57. The van der Waals surface area contributed by atoms with Crippen molar-refractivity contribution < 1.29 is 10.2 Å². The first-order valence-electron chi connectivity index (χ1n) is 5.23. The van der Waals surface area contributed by atoms with Crippen LogP contribution in [0.25, 0.3) is 10.8 Å². The third-order valence-electron chi connectivity index (χ3n) is 2.64. The molecule has 2 aromatic rings. The summed E-state index contributed by atoms with van der Waals surface area (Å²) in [6, 6.07) is 0.753. The molecule has 7 heteroatoms. The maximum Gasteiger partial charge on any atom is 0.275 e. The Kier molecular flexibility index (Phi) is 2.82. The van der Waals surface area contributed by atoms with E-state index in [1.54, 1.807) is 13.8 Å². The van der Waals surface area contributed by atoms with Crippen molar-refractivity contribution >= 4 is 22.4 Å². The van der Waals surface area contributed by atoms with Gasteiger partial charge >= 0.3 is 0 Å². The van der Waals surface area contributed by atoms with E-state index in [0.29, 0.717) is 0 Å². The predicted molar refractivity (Wildman–Crippen MR) is 67.6 cm³/mol. The maximum atomic E-state index is 12.1. The molecule has 0 aliphatic rings. The Hall–Kier alpha value is -1.95. The van der Waals surface area contributed by atoms with E-state index < -0.39 is 22.6 Å². The Morgan fingerprint density at radius 2 is 1.94 bits per heavy atom. The molecule has 1 heterocycles. The minimum Gasteiger partial charge on any atom is -0.504 e. The van der Waals surface area contributed by atoms with Crippen molar-refractivity contribution in [2.75, 3.05) is 0 Å². The van der Waals surface area contributed by atoms with Gasteiger partial charge in [0, 0.05) is 6.04 Å². The van der Waals surface area contributed by atoms with Gasteiger partial charge < -0.3 is 10.2 Å². The number of nitrogens with one attached hydrogen (secondary N) is 1. The summed E-state index contributed by atoms with van der Waals surface area (Å²) in [6.07, 6.45) is 0. The van der Waals surface area contributed by atoms with Gasteiger partial charge in [-0.05, 0) is 19.9 Å². The first-order valence-corrected chi connectivity index (χ1v) is 5.61. The van der Waals surface area contributed by atoms with Crippen molar-refractivity contribution in [3.8, 4) is 11.5 Å². The summed E-state index contributed by atoms with van der Waals surface area (Å²) in [5.74, 6) is -1.15. The highest BCUT2D eigenvalue weighted by Gasteiger charge is 2.18. The van der Waals surface area contributed by atoms with Gasteiger partial charge in [0.25, 0.3) is 11.1 Å². The molecule has 0 fully saturated rings. The van der Waals surface area contributed by atoms with Crippen LogP contribution in [0.2, 0.25) is 5.02 Å². The molecule has 0 amide bonds. The van der Waals surface area contributed by atoms with Crippen LogP contribution in [-0.2, 0) is 0 Å². The topological polar surface area (TPSA) is 95.3 Å². The number of halogens is 1. The Bertz CT molecular complexity index is 745. The van der Waals surface area contributed by atoms with Crippen LogP contribution in [0.4, 0.5) is 0 Å². The summed E-state index contributed by atoms with van der Waals surface area (Å²) in [4.78, 5) is 23.9. The van der Waals surface area contributed by atoms with Crippen LogP contribution in [0.5, 0.6) is 11.5 Å². The number of aromatic hydroxyl groups is 2. The standard InChI is InChI=1S/C11H11ClN2O4/c1-4(2)14-11(18)7-5(10(17)13-14)3-6(15)9(16)8(7)12/h3-4,15-16H,1-2H3,(H,13,17). The first kappa shape index (κ1) is 12.5. The van der Waals surface area contributed by atoms with Crippen molar-refractivity contribution in [3.05, 3.63) is 31.8 Å². The van der Waals surface area contributed by atoms with Crippen LogP contribution in [-0.4, -0.2) is 20.0 Å². The summed E-state index contributed by atoms with van der Waals surface area (Å²) in [5.41, 5.74) is -1.09. The van der Waals surface area contributed by atoms with E-state index in [-0.39, 0.29) is 21.8 Å². The van der Waals surface area contributed by atoms with Crippen molar-refractivity contribution in [3.63, 3.8) is 0 Å². The predicted octanol–water partition coefficient (Wildman–Crippen LogP) is 1.34. The molecule has 3 N–H and O–H groups in total. The summed E-state index contributed by atoms with van der Waals surface area (Å²) >= 11 is 5.81. The zero-order valence-corrected chi connectivity index (χ0v) is 10.4. The van der Waals surface area contributed by atoms with E-state index in [9.17, 15) is 19.8 Å². The van der Waals surface area contributed by atoms with Crippen LogP contribution >= 0.6 is 11.6 Å². The van der Waals surface area contributed by atoms with Gasteiger partial charge in [0.05, 0.1) is 15.8 Å². The third-order valence-corrected chi connectivity index (χ3v) is 3.00. The second kappa shape index (κ2) is 4.06. The van der Waals surface area contributed by atoms with Crippen molar-refractivity contribution in [1.29, 1.82) is 0 Å². The second-order valence-electron chi connectivity index (χ2n) is 4.19. The number of aromatic amines is 1. The van der Waals surface area contributed by atoms with Crippen LogP contribution in [0, 0.1) is 0 Å². The molecular formula is C11H11ClN2O4. The van der Waals surface area contributed by atoms with E-state index >= 15 is 0 Å². The van der Waals surface area contributed by atoms with Gasteiger partial charge in [-0.25, -0.2) is 4.68 Å². The number of aromatic nitrogens is 2. The van der Waals surface area contributed by atoms with Crippen molar-refractivity contribution in [2.24, 2.45) is 0 Å². The quantitative estimate of drug-likeness (QED) is 0.681. The molecule has 1 aromatic carbocycles. The normalized spacial score (nSPS) is 11.3. The number of phenolic OH excluding ortho intramolecular Hbond substituents is 2. The summed E-state index contributed by atoms with van der Waals surface area (Å²) in [5, 5.41) is 20.8. The van der Waals surface area contributed by atoms with Gasteiger partial charge in [-0.15, -0.1) is 0 Å². The first-order chi connectivity index (χ1) is 8.34. The van der Waals surface area contributed by atoms with Crippen LogP contribution in [0.1, 0.15) is 19.9 Å². The minimum absolute atomic E-state index is 0.0581. The number of rotatable bonds is 1. The fourth-order valence-electron chi connectivity index (χ4n) is 1.72. The summed E-state index contributed by atoms with van der Waals surface area (Å²) < 4.78 is 1.12. The van der Waals surface area contributed by atoms with Crippen LogP contribution < -0.4 is 11.1 Å². The Morgan fingerprint density at radius 1 is 1.33 bits per heavy atom. The lowest BCUT2D eigenvalue weighted by Crippen LogP contribution is -2.31. The van der Waals surface area contributed by atoms with Gasteiger partial charge in [0.2, 0.25) is 0 Å². The number of hydrogen-bond acceptors (Lipinski definition) is 4. The highest BCUT2D eigenvalue weighted by Crippen LogP contribution is 2.36. The highest BCUT2D eigenvalue weighted by atomic mass is 35.5. The number of benzene rings is 1. The molecule has 96 valence electrons. The summed E-state index contributed by atoms with van der Waals surface area (Å²) in [7, 11) is 0. The molecule has 0 unspecified atom stereocenters. The van der Waals surface area contributed by atoms with E-state index in [0.717, 1.165) is 10.7 Å². The van der Waals surface area contributed by atoms with E-state index in [4.69, 9.17) is 11.6 Å². The zero-order chi connectivity index (χ0) is 13.6. The fourth-order valence-corrected chi connectivity index (χ4v) is 2.00. The largest absolute Gasteiger partial charge is 0.504 e. The lowest BCUT2D eigenvalue weighted by atomic mass is 10.1. The number of nitrogens with zero attached hydrogens (tertiary/aromatic N) is 1. The SMILES string of the molecule is CC(C)n1[nH]c(=O)c2cc(O)c(O)c(Cl)c2c1=O. The molecule has 6 nitrogen and oxygen atoms in total. The van der Waals surface area contributed by atoms with E-state index in [1.165, 1.54) is 0 Å². The molecule has 0 bridgehead atoms. The van der Waals surface area contributed by atoms with Gasteiger partial charge in [0.15, 0.2) is 11.5 Å².